The quantitative estimate of drug-likeness (QED) is 0.773. The maximum absolute atomic E-state index is 12.6. The molecule has 0 bridgehead atoms. The third kappa shape index (κ3) is 3.25. The van der Waals surface area contributed by atoms with E-state index in [1.807, 2.05) is 6.07 Å². The lowest BCUT2D eigenvalue weighted by Crippen LogP contribution is -2.28. The number of rotatable bonds is 4. The highest BCUT2D eigenvalue weighted by Gasteiger charge is 2.23. The largest absolute Gasteiger partial charge is 0.348 e. The molecule has 3 amide bonds. The number of nitrogens with one attached hydrogen (secondary N) is 3. The van der Waals surface area contributed by atoms with Gasteiger partial charge in [-0.3, -0.25) is 9.69 Å². The van der Waals surface area contributed by atoms with E-state index >= 15 is 0 Å². The van der Waals surface area contributed by atoms with Gasteiger partial charge in [0.25, 0.3) is 5.91 Å². The first kappa shape index (κ1) is 16.9. The average Bonchev–Trinajstić information content (AvgIpc) is 3.28. The van der Waals surface area contributed by atoms with Crippen molar-refractivity contribution in [2.45, 2.75) is 19.6 Å². The first-order valence-corrected chi connectivity index (χ1v) is 8.94. The van der Waals surface area contributed by atoms with Gasteiger partial charge >= 0.3 is 6.03 Å². The summed E-state index contributed by atoms with van der Waals surface area (Å²) in [6.07, 6.45) is 0. The zero-order valence-corrected chi connectivity index (χ0v) is 14.9. The second kappa shape index (κ2) is 6.97. The molecule has 0 spiro atoms. The van der Waals surface area contributed by atoms with E-state index in [9.17, 15) is 9.59 Å². The molecule has 2 aromatic carbocycles. The number of halogens is 1. The third-order valence-corrected chi connectivity index (χ3v) is 5.05. The van der Waals surface area contributed by atoms with E-state index in [2.05, 4.69) is 28.1 Å². The maximum atomic E-state index is 12.6. The number of urea groups is 1. The number of nitrogens with zero attached hydrogens (tertiary/aromatic N) is 1. The summed E-state index contributed by atoms with van der Waals surface area (Å²) in [6, 6.07) is 11.1. The van der Waals surface area contributed by atoms with Crippen LogP contribution in [0.25, 0.3) is 0 Å². The van der Waals surface area contributed by atoms with Crippen molar-refractivity contribution in [1.29, 1.82) is 0 Å². The summed E-state index contributed by atoms with van der Waals surface area (Å²) in [5, 5.41) is 9.33. The lowest BCUT2D eigenvalue weighted by atomic mass is 10.1. The van der Waals surface area contributed by atoms with Crippen molar-refractivity contribution < 1.29 is 9.59 Å². The molecule has 0 aliphatic carbocycles. The van der Waals surface area contributed by atoms with E-state index in [0.717, 1.165) is 18.7 Å². The molecule has 26 heavy (non-hydrogen) atoms. The third-order valence-electron chi connectivity index (χ3n) is 4.72. The molecule has 0 aromatic heterocycles. The van der Waals surface area contributed by atoms with Crippen molar-refractivity contribution in [2.24, 2.45) is 0 Å². The van der Waals surface area contributed by atoms with Gasteiger partial charge in [0, 0.05) is 38.4 Å². The Hall–Kier alpha value is -2.57. The number of anilines is 1. The molecule has 134 valence electrons. The molecule has 1 fully saturated rings. The van der Waals surface area contributed by atoms with Crippen molar-refractivity contribution in [1.82, 2.24) is 16.0 Å². The van der Waals surface area contributed by atoms with Gasteiger partial charge in [0.1, 0.15) is 0 Å². The molecule has 3 N–H and O–H groups in total. The summed E-state index contributed by atoms with van der Waals surface area (Å²) >= 11 is 6.20. The predicted octanol–water partition coefficient (Wildman–Crippen LogP) is 2.40. The van der Waals surface area contributed by atoms with Crippen LogP contribution in [-0.2, 0) is 19.6 Å². The Kier molecular flexibility index (Phi) is 4.53. The fourth-order valence-corrected chi connectivity index (χ4v) is 3.51. The summed E-state index contributed by atoms with van der Waals surface area (Å²) in [4.78, 5) is 26.0. The van der Waals surface area contributed by atoms with Crippen LogP contribution in [0.15, 0.2) is 36.4 Å². The first-order chi connectivity index (χ1) is 12.6. The summed E-state index contributed by atoms with van der Waals surface area (Å²) in [6.45, 7) is 3.36. The van der Waals surface area contributed by atoms with E-state index in [1.165, 1.54) is 11.1 Å². The van der Waals surface area contributed by atoms with Gasteiger partial charge in [-0.1, -0.05) is 29.8 Å². The van der Waals surface area contributed by atoms with Crippen LogP contribution in [0.3, 0.4) is 0 Å². The Morgan fingerprint density at radius 2 is 2.00 bits per heavy atom. The molecule has 0 saturated carbocycles. The van der Waals surface area contributed by atoms with Crippen LogP contribution in [-0.4, -0.2) is 25.0 Å². The Labute approximate surface area is 156 Å². The monoisotopic (exact) mass is 370 g/mol. The average molecular weight is 371 g/mol. The second-order valence-electron chi connectivity index (χ2n) is 6.44. The van der Waals surface area contributed by atoms with Crippen molar-refractivity contribution in [3.63, 3.8) is 0 Å². The van der Waals surface area contributed by atoms with Crippen LogP contribution in [0.4, 0.5) is 10.5 Å². The Bertz CT molecular complexity index is 884. The van der Waals surface area contributed by atoms with Crippen LogP contribution >= 0.6 is 11.6 Å². The molecule has 6 nitrogen and oxygen atoms in total. The number of carbonyl (C=O) groups excluding carboxylic acids is 2. The highest BCUT2D eigenvalue weighted by Crippen LogP contribution is 2.24. The van der Waals surface area contributed by atoms with Gasteiger partial charge in [-0.15, -0.1) is 0 Å². The van der Waals surface area contributed by atoms with Gasteiger partial charge in [-0.05, 0) is 34.9 Å². The minimum atomic E-state index is -0.255. The Balaban J connectivity index is 1.48. The summed E-state index contributed by atoms with van der Waals surface area (Å²) in [5.41, 5.74) is 4.66. The van der Waals surface area contributed by atoms with E-state index in [4.69, 9.17) is 11.6 Å². The maximum Gasteiger partial charge on any atom is 0.321 e. The van der Waals surface area contributed by atoms with Crippen LogP contribution < -0.4 is 20.9 Å². The van der Waals surface area contributed by atoms with Gasteiger partial charge in [-0.2, -0.15) is 0 Å². The number of carbonyl (C=O) groups is 2. The minimum Gasteiger partial charge on any atom is -0.348 e. The number of hydrogen-bond donors (Lipinski definition) is 3. The smallest absolute Gasteiger partial charge is 0.321 e. The van der Waals surface area contributed by atoms with Gasteiger partial charge in [-0.25, -0.2) is 4.79 Å². The fourth-order valence-electron chi connectivity index (χ4n) is 3.31. The van der Waals surface area contributed by atoms with Crippen LogP contribution in [0.1, 0.15) is 27.0 Å². The lowest BCUT2D eigenvalue weighted by Gasteiger charge is -2.16. The minimum absolute atomic E-state index is 0.162. The van der Waals surface area contributed by atoms with Crippen molar-refractivity contribution in [3.8, 4) is 0 Å². The molecule has 2 aliphatic heterocycles. The predicted molar refractivity (Wildman–Crippen MR) is 100 cm³/mol. The van der Waals surface area contributed by atoms with Crippen molar-refractivity contribution in [2.75, 3.05) is 18.0 Å². The highest BCUT2D eigenvalue weighted by atomic mass is 35.5. The first-order valence-electron chi connectivity index (χ1n) is 8.56. The molecule has 2 aromatic rings. The van der Waals surface area contributed by atoms with Crippen LogP contribution in [0, 0.1) is 0 Å². The summed E-state index contributed by atoms with van der Waals surface area (Å²) in [5.74, 6) is -0.255. The number of hydrogen-bond acceptors (Lipinski definition) is 3. The zero-order valence-electron chi connectivity index (χ0n) is 14.1. The molecule has 2 aliphatic rings. The summed E-state index contributed by atoms with van der Waals surface area (Å²) in [7, 11) is 0. The second-order valence-corrected chi connectivity index (χ2v) is 6.84. The Morgan fingerprint density at radius 1 is 1.15 bits per heavy atom. The molecular weight excluding hydrogens is 352 g/mol. The summed E-state index contributed by atoms with van der Waals surface area (Å²) < 4.78 is 0. The van der Waals surface area contributed by atoms with Crippen molar-refractivity contribution >= 4 is 29.2 Å². The number of amides is 3. The highest BCUT2D eigenvalue weighted by molar-refractivity contribution is 6.34. The van der Waals surface area contributed by atoms with E-state index in [0.29, 0.717) is 35.9 Å². The van der Waals surface area contributed by atoms with Gasteiger partial charge in [0.15, 0.2) is 0 Å². The van der Waals surface area contributed by atoms with Gasteiger partial charge in [0.05, 0.1) is 10.6 Å². The number of fused-ring (bicyclic) bond motifs is 1. The van der Waals surface area contributed by atoms with E-state index < -0.39 is 0 Å². The van der Waals surface area contributed by atoms with Crippen molar-refractivity contribution in [3.05, 3.63) is 63.7 Å². The Morgan fingerprint density at radius 3 is 2.81 bits per heavy atom. The van der Waals surface area contributed by atoms with E-state index in [-0.39, 0.29) is 11.9 Å². The number of benzene rings is 2. The fraction of sp³-hybridized carbons (Fsp3) is 0.263. The molecule has 4 rings (SSSR count). The van der Waals surface area contributed by atoms with Crippen LogP contribution in [0.5, 0.6) is 0 Å². The van der Waals surface area contributed by atoms with Crippen LogP contribution in [0.2, 0.25) is 5.02 Å². The molecule has 2 heterocycles. The molecular formula is C19H19ClN4O2. The lowest BCUT2D eigenvalue weighted by molar-refractivity contribution is 0.0951. The standard InChI is InChI=1S/C19H19ClN4O2/c20-17-4-3-15(24-6-5-22-19(24)26)8-16(17)18(25)23-9-12-1-2-13-10-21-11-14(13)7-12/h1-4,7-8,21H,5-6,9-11H2,(H,22,26)(H,23,25). The topological polar surface area (TPSA) is 73.5 Å². The zero-order chi connectivity index (χ0) is 18.1. The van der Waals surface area contributed by atoms with Gasteiger partial charge in [0.2, 0.25) is 0 Å². The molecule has 7 heteroatoms. The molecule has 0 atom stereocenters. The molecule has 0 radical (unpaired) electrons. The molecule has 1 saturated heterocycles. The van der Waals surface area contributed by atoms with Gasteiger partial charge < -0.3 is 16.0 Å². The van der Waals surface area contributed by atoms with E-state index in [1.54, 1.807) is 23.1 Å². The SMILES string of the molecule is O=C(NCc1ccc2c(c1)CNC2)c1cc(N2CCNC2=O)ccc1Cl. The normalized spacial score (nSPS) is 15.7. The molecule has 0 unspecified atom stereocenters.